The lowest BCUT2D eigenvalue weighted by Gasteiger charge is -2.37. The second kappa shape index (κ2) is 9.23. The summed E-state index contributed by atoms with van der Waals surface area (Å²) in [6.45, 7) is 9.63. The molecule has 2 unspecified atom stereocenters. The van der Waals surface area contributed by atoms with Crippen molar-refractivity contribution in [3.63, 3.8) is 0 Å². The highest BCUT2D eigenvalue weighted by atomic mass is 32.2. The van der Waals surface area contributed by atoms with Crippen molar-refractivity contribution in [3.8, 4) is 0 Å². The number of thioether (sulfide) groups is 1. The van der Waals surface area contributed by atoms with Gasteiger partial charge in [0.1, 0.15) is 0 Å². The second-order valence-corrected chi connectivity index (χ2v) is 6.27. The van der Waals surface area contributed by atoms with Crippen LogP contribution >= 0.6 is 11.8 Å². The van der Waals surface area contributed by atoms with Gasteiger partial charge < -0.3 is 10.2 Å². The van der Waals surface area contributed by atoms with E-state index in [2.05, 4.69) is 30.3 Å². The Morgan fingerprint density at radius 1 is 1.29 bits per heavy atom. The van der Waals surface area contributed by atoms with Crippen LogP contribution < -0.4 is 5.32 Å². The summed E-state index contributed by atoms with van der Waals surface area (Å²) in [5.74, 6) is 2.15. The summed E-state index contributed by atoms with van der Waals surface area (Å²) < 4.78 is 0. The molecule has 17 heavy (non-hydrogen) atoms. The van der Waals surface area contributed by atoms with Gasteiger partial charge in [-0.05, 0) is 56.8 Å². The summed E-state index contributed by atoms with van der Waals surface area (Å²) in [4.78, 5) is 2.66. The topological polar surface area (TPSA) is 15.3 Å². The molecule has 0 aromatic carbocycles. The number of likely N-dealkylation sites (tertiary alicyclic amines) is 1. The number of rotatable bonds is 8. The first-order valence-corrected chi connectivity index (χ1v) is 8.62. The zero-order valence-electron chi connectivity index (χ0n) is 11.9. The number of piperidine rings is 1. The molecule has 0 aliphatic carbocycles. The Hall–Kier alpha value is 0.270. The molecule has 1 rings (SSSR count). The number of nitrogens with one attached hydrogen (secondary N) is 1. The maximum absolute atomic E-state index is 3.61. The third kappa shape index (κ3) is 6.12. The highest BCUT2D eigenvalue weighted by Crippen LogP contribution is 2.17. The summed E-state index contributed by atoms with van der Waals surface area (Å²) in [5, 5.41) is 3.61. The summed E-state index contributed by atoms with van der Waals surface area (Å²) in [6, 6.07) is 0.757. The summed E-state index contributed by atoms with van der Waals surface area (Å²) >= 11 is 1.97. The van der Waals surface area contributed by atoms with E-state index in [1.54, 1.807) is 0 Å². The number of nitrogens with zero attached hydrogens (tertiary/aromatic N) is 1. The largest absolute Gasteiger partial charge is 0.314 e. The van der Waals surface area contributed by atoms with Crippen LogP contribution in [0.15, 0.2) is 0 Å². The molecular formula is C14H30N2S. The van der Waals surface area contributed by atoms with Crippen molar-refractivity contribution in [1.82, 2.24) is 10.2 Å². The van der Waals surface area contributed by atoms with E-state index in [4.69, 9.17) is 0 Å². The van der Waals surface area contributed by atoms with Gasteiger partial charge in [-0.2, -0.15) is 11.8 Å². The van der Waals surface area contributed by atoms with Crippen LogP contribution in [0.5, 0.6) is 0 Å². The average Bonchev–Trinajstić information content (AvgIpc) is 2.32. The number of unbranched alkanes of at least 4 members (excludes halogenated alkanes) is 2. The zero-order chi connectivity index (χ0) is 12.5. The molecule has 0 aromatic rings. The summed E-state index contributed by atoms with van der Waals surface area (Å²) in [6.07, 6.45) is 7.72. The number of hydrogen-bond donors (Lipinski definition) is 1. The van der Waals surface area contributed by atoms with E-state index in [-0.39, 0.29) is 0 Å². The third-order valence-electron chi connectivity index (χ3n) is 3.78. The predicted molar refractivity (Wildman–Crippen MR) is 79.9 cm³/mol. The van der Waals surface area contributed by atoms with Gasteiger partial charge >= 0.3 is 0 Å². The molecule has 1 N–H and O–H groups in total. The Bertz CT molecular complexity index is 187. The fourth-order valence-electron chi connectivity index (χ4n) is 2.76. The Kier molecular flexibility index (Phi) is 8.33. The van der Waals surface area contributed by atoms with E-state index < -0.39 is 0 Å². The molecule has 1 aliphatic rings. The van der Waals surface area contributed by atoms with Gasteiger partial charge in [0.25, 0.3) is 0 Å². The van der Waals surface area contributed by atoms with Crippen LogP contribution in [0.25, 0.3) is 0 Å². The van der Waals surface area contributed by atoms with E-state index in [1.807, 2.05) is 11.8 Å². The quantitative estimate of drug-likeness (QED) is 0.674. The van der Waals surface area contributed by atoms with Crippen LogP contribution in [0.3, 0.4) is 0 Å². The van der Waals surface area contributed by atoms with Gasteiger partial charge in [-0.15, -0.1) is 0 Å². The number of hydrogen-bond acceptors (Lipinski definition) is 3. The van der Waals surface area contributed by atoms with Crippen LogP contribution in [0, 0.1) is 5.92 Å². The van der Waals surface area contributed by atoms with Crippen LogP contribution in [-0.4, -0.2) is 49.1 Å². The van der Waals surface area contributed by atoms with Crippen molar-refractivity contribution in [1.29, 1.82) is 0 Å². The summed E-state index contributed by atoms with van der Waals surface area (Å²) in [7, 11) is 0. The van der Waals surface area contributed by atoms with E-state index in [0.717, 1.165) is 18.5 Å². The minimum absolute atomic E-state index is 0.757. The SMILES string of the molecule is CCNC1CCN(CCCCCSC)CC1C. The highest BCUT2D eigenvalue weighted by molar-refractivity contribution is 7.98. The maximum Gasteiger partial charge on any atom is 0.0117 e. The highest BCUT2D eigenvalue weighted by Gasteiger charge is 2.24. The van der Waals surface area contributed by atoms with Gasteiger partial charge in [0.15, 0.2) is 0 Å². The van der Waals surface area contributed by atoms with Gasteiger partial charge in [-0.25, -0.2) is 0 Å². The fraction of sp³-hybridized carbons (Fsp3) is 1.00. The van der Waals surface area contributed by atoms with Crippen molar-refractivity contribution < 1.29 is 0 Å². The Morgan fingerprint density at radius 3 is 2.76 bits per heavy atom. The molecule has 3 heteroatoms. The average molecular weight is 258 g/mol. The van der Waals surface area contributed by atoms with Gasteiger partial charge in [-0.1, -0.05) is 20.3 Å². The molecule has 2 atom stereocenters. The molecule has 0 amide bonds. The molecule has 0 saturated carbocycles. The van der Waals surface area contributed by atoms with E-state index >= 15 is 0 Å². The third-order valence-corrected chi connectivity index (χ3v) is 4.48. The Labute approximate surface area is 112 Å². The van der Waals surface area contributed by atoms with Crippen LogP contribution in [0.1, 0.15) is 39.5 Å². The first-order chi connectivity index (χ1) is 8.27. The Morgan fingerprint density at radius 2 is 2.12 bits per heavy atom. The fourth-order valence-corrected chi connectivity index (χ4v) is 3.25. The van der Waals surface area contributed by atoms with Gasteiger partial charge in [-0.3, -0.25) is 0 Å². The van der Waals surface area contributed by atoms with Gasteiger partial charge in [0.05, 0.1) is 0 Å². The van der Waals surface area contributed by atoms with Crippen molar-refractivity contribution in [2.75, 3.05) is 38.2 Å². The maximum atomic E-state index is 3.61. The summed E-state index contributed by atoms with van der Waals surface area (Å²) in [5.41, 5.74) is 0. The lowest BCUT2D eigenvalue weighted by atomic mass is 9.93. The molecule has 0 aromatic heterocycles. The van der Waals surface area contributed by atoms with E-state index in [0.29, 0.717) is 0 Å². The second-order valence-electron chi connectivity index (χ2n) is 5.28. The molecule has 1 heterocycles. The van der Waals surface area contributed by atoms with Crippen molar-refractivity contribution >= 4 is 11.8 Å². The Balaban J connectivity index is 2.08. The van der Waals surface area contributed by atoms with Crippen molar-refractivity contribution in [2.24, 2.45) is 5.92 Å². The van der Waals surface area contributed by atoms with Gasteiger partial charge in [0.2, 0.25) is 0 Å². The molecule has 1 aliphatic heterocycles. The lowest BCUT2D eigenvalue weighted by Crippen LogP contribution is -2.48. The van der Waals surface area contributed by atoms with Crippen molar-refractivity contribution in [3.05, 3.63) is 0 Å². The molecular weight excluding hydrogens is 228 g/mol. The van der Waals surface area contributed by atoms with E-state index in [9.17, 15) is 0 Å². The lowest BCUT2D eigenvalue weighted by molar-refractivity contribution is 0.146. The van der Waals surface area contributed by atoms with Crippen LogP contribution in [0.4, 0.5) is 0 Å². The minimum Gasteiger partial charge on any atom is -0.314 e. The first-order valence-electron chi connectivity index (χ1n) is 7.22. The molecule has 0 radical (unpaired) electrons. The predicted octanol–water partition coefficient (Wildman–Crippen LogP) is 2.84. The van der Waals surface area contributed by atoms with Gasteiger partial charge in [0, 0.05) is 12.6 Å². The molecule has 1 saturated heterocycles. The molecule has 2 nitrogen and oxygen atoms in total. The molecule has 0 bridgehead atoms. The normalized spacial score (nSPS) is 26.3. The van der Waals surface area contributed by atoms with Crippen LogP contribution in [-0.2, 0) is 0 Å². The minimum atomic E-state index is 0.757. The zero-order valence-corrected chi connectivity index (χ0v) is 12.7. The first kappa shape index (κ1) is 15.3. The molecule has 1 fully saturated rings. The van der Waals surface area contributed by atoms with E-state index in [1.165, 1.54) is 51.1 Å². The molecule has 102 valence electrons. The molecule has 0 spiro atoms. The monoisotopic (exact) mass is 258 g/mol. The standard InChI is InChI=1S/C14H30N2S/c1-4-15-14-8-10-16(12-13(14)2)9-6-5-7-11-17-3/h13-15H,4-12H2,1-3H3. The smallest absolute Gasteiger partial charge is 0.0117 e. The van der Waals surface area contributed by atoms with Crippen molar-refractivity contribution in [2.45, 2.75) is 45.6 Å². The van der Waals surface area contributed by atoms with Crippen LogP contribution in [0.2, 0.25) is 0 Å².